The summed E-state index contributed by atoms with van der Waals surface area (Å²) >= 11 is 0. The number of rotatable bonds is 1. The zero-order valence-corrected chi connectivity index (χ0v) is 8.43. The van der Waals surface area contributed by atoms with Crippen LogP contribution in [0.1, 0.15) is 35.2 Å². The molecular weight excluding hydrogens is 191 g/mol. The van der Waals surface area contributed by atoms with E-state index in [1.807, 2.05) is 12.1 Å². The number of hydrogen-bond donors (Lipinski definition) is 1. The lowest BCUT2D eigenvalue weighted by molar-refractivity contribution is 0.101. The highest BCUT2D eigenvalue weighted by Gasteiger charge is 2.54. The van der Waals surface area contributed by atoms with Gasteiger partial charge in [-0.3, -0.25) is 4.79 Å². The van der Waals surface area contributed by atoms with Gasteiger partial charge in [0.1, 0.15) is 5.75 Å². The zero-order chi connectivity index (χ0) is 10.6. The molecule has 1 aliphatic heterocycles. The Morgan fingerprint density at radius 2 is 2.40 bits per heavy atom. The second kappa shape index (κ2) is 2.86. The number of carbonyl (C=O) groups excluding carboxylic acids is 1. The lowest BCUT2D eigenvalue weighted by Crippen LogP contribution is -2.27. The van der Waals surface area contributed by atoms with Crippen LogP contribution in [0.25, 0.3) is 0 Å². The maximum atomic E-state index is 11.4. The molecule has 1 heterocycles. The van der Waals surface area contributed by atoms with E-state index in [0.717, 1.165) is 12.0 Å². The van der Waals surface area contributed by atoms with Crippen molar-refractivity contribution in [2.75, 3.05) is 0 Å². The third-order valence-corrected chi connectivity index (χ3v) is 3.27. The van der Waals surface area contributed by atoms with Gasteiger partial charge in [0.2, 0.25) is 0 Å². The Hall–Kier alpha value is -1.29. The summed E-state index contributed by atoms with van der Waals surface area (Å²) in [5.74, 6) is 1.21. The molecule has 1 aliphatic carbocycles. The van der Waals surface area contributed by atoms with E-state index in [-0.39, 0.29) is 11.6 Å². The molecule has 0 amide bonds. The van der Waals surface area contributed by atoms with Gasteiger partial charge in [-0.05, 0) is 30.9 Å². The minimum Gasteiger partial charge on any atom is -0.535 e. The largest absolute Gasteiger partial charge is 0.535 e. The first-order valence-electron chi connectivity index (χ1n) is 5.17. The van der Waals surface area contributed by atoms with Gasteiger partial charge in [-0.2, -0.15) is 0 Å². The second-order valence-electron chi connectivity index (χ2n) is 4.29. The quantitative estimate of drug-likeness (QED) is 0.555. The predicted molar refractivity (Wildman–Crippen MR) is 56.2 cm³/mol. The summed E-state index contributed by atoms with van der Waals surface area (Å²) in [6, 6.07) is 5.61. The van der Waals surface area contributed by atoms with Crippen molar-refractivity contribution in [3.8, 4) is 5.75 Å². The molecule has 3 nitrogen and oxygen atoms in total. The van der Waals surface area contributed by atoms with E-state index in [1.54, 1.807) is 6.07 Å². The van der Waals surface area contributed by atoms with Crippen LogP contribution in [0.15, 0.2) is 18.2 Å². The summed E-state index contributed by atoms with van der Waals surface area (Å²) in [6.45, 7) is 1.52. The molecule has 76 valence electrons. The van der Waals surface area contributed by atoms with E-state index in [4.69, 9.17) is 4.65 Å². The van der Waals surface area contributed by atoms with Gasteiger partial charge in [-0.1, -0.05) is 12.1 Å². The number of carbonyl (C=O) groups is 1. The van der Waals surface area contributed by atoms with Crippen molar-refractivity contribution >= 4 is 12.9 Å². The van der Waals surface area contributed by atoms with Crippen LogP contribution in [0.4, 0.5) is 0 Å². The Morgan fingerprint density at radius 1 is 1.60 bits per heavy atom. The summed E-state index contributed by atoms with van der Waals surface area (Å²) in [5, 5.41) is 9.64. The monoisotopic (exact) mass is 202 g/mol. The molecule has 0 unspecified atom stereocenters. The van der Waals surface area contributed by atoms with Gasteiger partial charge in [-0.25, -0.2) is 0 Å². The smallest absolute Gasteiger partial charge is 0.526 e. The number of benzene rings is 1. The van der Waals surface area contributed by atoms with Crippen molar-refractivity contribution in [1.29, 1.82) is 0 Å². The molecule has 0 aromatic heterocycles. The summed E-state index contributed by atoms with van der Waals surface area (Å²) in [6.07, 6.45) is 0.968. The molecule has 1 saturated carbocycles. The molecule has 2 aliphatic rings. The number of Topliss-reactive ketones (excluding diaryl/α,β-unsaturated/α-hetero) is 1. The lowest BCUT2D eigenvalue weighted by Gasteiger charge is -2.21. The van der Waals surface area contributed by atoms with Crippen LogP contribution >= 0.6 is 0 Å². The SMILES string of the molecule is CC(=O)c1cccc2c1OB(O)[C@H]1C[C@@H]21. The predicted octanol–water partition coefficient (Wildman–Crippen LogP) is 1.62. The van der Waals surface area contributed by atoms with Crippen LogP contribution < -0.4 is 4.65 Å². The van der Waals surface area contributed by atoms with E-state index in [2.05, 4.69) is 0 Å². The molecule has 2 atom stereocenters. The number of hydrogen-bond acceptors (Lipinski definition) is 3. The molecule has 1 fully saturated rings. The van der Waals surface area contributed by atoms with E-state index in [1.165, 1.54) is 6.92 Å². The van der Waals surface area contributed by atoms with Crippen molar-refractivity contribution in [1.82, 2.24) is 0 Å². The fourth-order valence-corrected chi connectivity index (χ4v) is 2.35. The van der Waals surface area contributed by atoms with Gasteiger partial charge >= 0.3 is 7.12 Å². The van der Waals surface area contributed by atoms with Crippen LogP contribution in [0, 0.1) is 0 Å². The van der Waals surface area contributed by atoms with Gasteiger partial charge in [0.05, 0.1) is 5.56 Å². The fraction of sp³-hybridized carbons (Fsp3) is 0.364. The molecule has 0 spiro atoms. The first-order valence-corrected chi connectivity index (χ1v) is 5.17. The van der Waals surface area contributed by atoms with Crippen molar-refractivity contribution in [2.45, 2.75) is 25.1 Å². The second-order valence-corrected chi connectivity index (χ2v) is 4.29. The van der Waals surface area contributed by atoms with Gasteiger partial charge in [-0.15, -0.1) is 0 Å². The van der Waals surface area contributed by atoms with Gasteiger partial charge in [0.25, 0.3) is 0 Å². The third kappa shape index (κ3) is 1.21. The summed E-state index contributed by atoms with van der Waals surface area (Å²) in [5.41, 5.74) is 1.66. The van der Waals surface area contributed by atoms with Gasteiger partial charge < -0.3 is 9.68 Å². The van der Waals surface area contributed by atoms with E-state index in [9.17, 15) is 9.82 Å². The number of ketones is 1. The fourth-order valence-electron chi connectivity index (χ4n) is 2.35. The van der Waals surface area contributed by atoms with Crippen LogP contribution in [0.3, 0.4) is 0 Å². The summed E-state index contributed by atoms with van der Waals surface area (Å²) in [4.78, 5) is 11.4. The Morgan fingerprint density at radius 3 is 3.13 bits per heavy atom. The van der Waals surface area contributed by atoms with E-state index in [0.29, 0.717) is 17.2 Å². The minimum absolute atomic E-state index is 0.0156. The molecule has 4 heteroatoms. The maximum Gasteiger partial charge on any atom is 0.526 e. The third-order valence-electron chi connectivity index (χ3n) is 3.27. The first-order chi connectivity index (χ1) is 7.18. The Bertz CT molecular complexity index is 443. The van der Waals surface area contributed by atoms with Crippen LogP contribution in [0.2, 0.25) is 5.82 Å². The molecule has 1 N–H and O–H groups in total. The molecule has 15 heavy (non-hydrogen) atoms. The highest BCUT2D eigenvalue weighted by atomic mass is 16.5. The lowest BCUT2D eigenvalue weighted by atomic mass is 9.77. The zero-order valence-electron chi connectivity index (χ0n) is 8.43. The Labute approximate surface area is 88.2 Å². The van der Waals surface area contributed by atoms with E-state index >= 15 is 0 Å². The van der Waals surface area contributed by atoms with E-state index < -0.39 is 7.12 Å². The average molecular weight is 202 g/mol. The van der Waals surface area contributed by atoms with Crippen molar-refractivity contribution in [3.05, 3.63) is 29.3 Å². The molecule has 0 saturated heterocycles. The molecular formula is C11H11BO3. The highest BCUT2D eigenvalue weighted by Crippen LogP contribution is 2.60. The minimum atomic E-state index is -0.733. The number of fused-ring (bicyclic) bond motifs is 3. The molecule has 0 radical (unpaired) electrons. The summed E-state index contributed by atoms with van der Waals surface area (Å²) in [7, 11) is -0.733. The maximum absolute atomic E-state index is 11.4. The van der Waals surface area contributed by atoms with Crippen molar-refractivity contribution in [2.24, 2.45) is 0 Å². The molecule has 1 aromatic carbocycles. The average Bonchev–Trinajstić information content (AvgIpc) is 2.97. The van der Waals surface area contributed by atoms with Crippen molar-refractivity contribution in [3.63, 3.8) is 0 Å². The van der Waals surface area contributed by atoms with Crippen LogP contribution in [-0.2, 0) is 0 Å². The molecule has 0 bridgehead atoms. The Balaban J connectivity index is 2.14. The molecule has 3 rings (SSSR count). The topological polar surface area (TPSA) is 46.5 Å². The number of para-hydroxylation sites is 1. The first kappa shape index (κ1) is 8.98. The van der Waals surface area contributed by atoms with Crippen LogP contribution in [0.5, 0.6) is 5.75 Å². The Kier molecular flexibility index (Phi) is 1.71. The highest BCUT2D eigenvalue weighted by molar-refractivity contribution is 6.48. The van der Waals surface area contributed by atoms with Gasteiger partial charge in [0.15, 0.2) is 5.78 Å². The van der Waals surface area contributed by atoms with Gasteiger partial charge in [0, 0.05) is 5.82 Å². The normalized spacial score (nSPS) is 26.4. The summed E-state index contributed by atoms with van der Waals surface area (Å²) < 4.78 is 5.41. The molecule has 1 aromatic rings. The van der Waals surface area contributed by atoms with Crippen molar-refractivity contribution < 1.29 is 14.5 Å². The van der Waals surface area contributed by atoms with Crippen LogP contribution in [-0.4, -0.2) is 17.9 Å². The standard InChI is InChI=1S/C11H11BO3/c1-6(13)7-3-2-4-8-9-5-10(9)12(14)15-11(7)8/h2-4,9-10,14H,5H2,1H3/t9-,10-/m0/s1.